The zero-order valence-corrected chi connectivity index (χ0v) is 9.29. The quantitative estimate of drug-likeness (QED) is 0.581. The molecule has 2 heteroatoms. The minimum absolute atomic E-state index is 0.111. The molecule has 0 aromatic rings. The lowest BCUT2D eigenvalue weighted by Gasteiger charge is -2.22. The summed E-state index contributed by atoms with van der Waals surface area (Å²) in [5.74, 6) is 0. The third-order valence-electron chi connectivity index (χ3n) is 3.35. The molecule has 0 aromatic heterocycles. The van der Waals surface area contributed by atoms with E-state index in [0.29, 0.717) is 0 Å². The summed E-state index contributed by atoms with van der Waals surface area (Å²) < 4.78 is 0. The smallest absolute Gasteiger partial charge is 0.00339 e. The first-order chi connectivity index (χ1) is 5.88. The second kappa shape index (κ2) is 4.29. The predicted molar refractivity (Wildman–Crippen MR) is 57.3 cm³/mol. The van der Waals surface area contributed by atoms with Gasteiger partial charge in [0.25, 0.3) is 0 Å². The van der Waals surface area contributed by atoms with Crippen LogP contribution in [0.15, 0.2) is 0 Å². The standard InChI is InChI=1S/C10H18ClP/c11-12(9-5-1-2-6-9)10-7-3-4-8-10/h9-10H,1-8H2. The first-order valence-electron chi connectivity index (χ1n) is 5.32. The normalized spacial score (nSPS) is 27.5. The maximum atomic E-state index is 6.56. The van der Waals surface area contributed by atoms with E-state index in [4.69, 9.17) is 11.2 Å². The molecule has 2 aliphatic carbocycles. The fourth-order valence-corrected chi connectivity index (χ4v) is 6.08. The average molecular weight is 205 g/mol. The van der Waals surface area contributed by atoms with Gasteiger partial charge in [0, 0.05) is 0 Å². The van der Waals surface area contributed by atoms with Crippen molar-refractivity contribution < 1.29 is 0 Å². The van der Waals surface area contributed by atoms with Crippen molar-refractivity contribution >= 4 is 18.5 Å². The number of hydrogen-bond acceptors (Lipinski definition) is 0. The molecule has 2 aliphatic rings. The molecule has 0 heterocycles. The van der Waals surface area contributed by atoms with Crippen LogP contribution in [0.4, 0.5) is 0 Å². The van der Waals surface area contributed by atoms with Crippen LogP contribution in [0.3, 0.4) is 0 Å². The van der Waals surface area contributed by atoms with Gasteiger partial charge < -0.3 is 0 Å². The van der Waals surface area contributed by atoms with Gasteiger partial charge in [-0.1, -0.05) is 36.9 Å². The Bertz CT molecular complexity index is 121. The van der Waals surface area contributed by atoms with E-state index in [9.17, 15) is 0 Å². The zero-order chi connectivity index (χ0) is 8.39. The topological polar surface area (TPSA) is 0 Å². The maximum absolute atomic E-state index is 6.56. The highest BCUT2D eigenvalue weighted by molar-refractivity contribution is 7.85. The molecule has 0 nitrogen and oxygen atoms in total. The van der Waals surface area contributed by atoms with E-state index in [1.165, 1.54) is 51.4 Å². The summed E-state index contributed by atoms with van der Waals surface area (Å²) in [5, 5.41) is 0. The Kier molecular flexibility index (Phi) is 3.32. The van der Waals surface area contributed by atoms with Crippen LogP contribution < -0.4 is 0 Å². The number of hydrogen-bond donors (Lipinski definition) is 0. The molecule has 0 bridgehead atoms. The molecule has 2 fully saturated rings. The number of rotatable bonds is 2. The van der Waals surface area contributed by atoms with Crippen molar-refractivity contribution in [3.05, 3.63) is 0 Å². The van der Waals surface area contributed by atoms with Crippen LogP contribution in [0, 0.1) is 0 Å². The highest BCUT2D eigenvalue weighted by atomic mass is 35.7. The molecule has 0 amide bonds. The van der Waals surface area contributed by atoms with E-state index in [2.05, 4.69) is 0 Å². The van der Waals surface area contributed by atoms with Crippen LogP contribution >= 0.6 is 18.5 Å². The van der Waals surface area contributed by atoms with Crippen molar-refractivity contribution in [3.8, 4) is 0 Å². The Hall–Kier alpha value is 0.720. The van der Waals surface area contributed by atoms with E-state index in [-0.39, 0.29) is 7.27 Å². The van der Waals surface area contributed by atoms with E-state index < -0.39 is 0 Å². The Morgan fingerprint density at radius 3 is 1.42 bits per heavy atom. The maximum Gasteiger partial charge on any atom is -0.00339 e. The SMILES string of the molecule is ClP(C1CCCC1)C1CCCC1. The summed E-state index contributed by atoms with van der Waals surface area (Å²) in [6.07, 6.45) is 11.5. The van der Waals surface area contributed by atoms with Gasteiger partial charge in [0.05, 0.1) is 0 Å². The monoisotopic (exact) mass is 204 g/mol. The van der Waals surface area contributed by atoms with Crippen LogP contribution in [0.5, 0.6) is 0 Å². The Morgan fingerprint density at radius 2 is 1.08 bits per heavy atom. The highest BCUT2D eigenvalue weighted by Gasteiger charge is 2.31. The van der Waals surface area contributed by atoms with E-state index in [1.807, 2.05) is 0 Å². The van der Waals surface area contributed by atoms with Gasteiger partial charge in [-0.2, -0.15) is 0 Å². The lowest BCUT2D eigenvalue weighted by atomic mass is 10.4. The summed E-state index contributed by atoms with van der Waals surface area (Å²) in [4.78, 5) is 0. The molecule has 0 aliphatic heterocycles. The molecule has 12 heavy (non-hydrogen) atoms. The minimum Gasteiger partial charge on any atom is -0.0958 e. The van der Waals surface area contributed by atoms with Crippen LogP contribution in [0.2, 0.25) is 0 Å². The average Bonchev–Trinajstić information content (AvgIpc) is 2.77. The van der Waals surface area contributed by atoms with Crippen LogP contribution in [0.1, 0.15) is 51.4 Å². The Balaban J connectivity index is 1.84. The van der Waals surface area contributed by atoms with Gasteiger partial charge in [0.1, 0.15) is 0 Å². The summed E-state index contributed by atoms with van der Waals surface area (Å²) in [6, 6.07) is 0. The van der Waals surface area contributed by atoms with Crippen molar-refractivity contribution in [1.82, 2.24) is 0 Å². The van der Waals surface area contributed by atoms with Crippen LogP contribution in [-0.2, 0) is 0 Å². The second-order valence-corrected chi connectivity index (χ2v) is 7.54. The lowest BCUT2D eigenvalue weighted by Crippen LogP contribution is -2.05. The molecule has 0 atom stereocenters. The van der Waals surface area contributed by atoms with Gasteiger partial charge >= 0.3 is 0 Å². The molecule has 70 valence electrons. The van der Waals surface area contributed by atoms with E-state index in [0.717, 1.165) is 11.3 Å². The van der Waals surface area contributed by atoms with Crippen LogP contribution in [-0.4, -0.2) is 11.3 Å². The molecule has 0 radical (unpaired) electrons. The van der Waals surface area contributed by atoms with Crippen LogP contribution in [0.25, 0.3) is 0 Å². The fraction of sp³-hybridized carbons (Fsp3) is 1.00. The van der Waals surface area contributed by atoms with Gasteiger partial charge in [0.2, 0.25) is 0 Å². The van der Waals surface area contributed by atoms with Gasteiger partial charge in [-0.05, 0) is 44.3 Å². The molecule has 0 unspecified atom stereocenters. The first-order valence-corrected chi connectivity index (χ1v) is 7.70. The molecule has 2 rings (SSSR count). The summed E-state index contributed by atoms with van der Waals surface area (Å²) >= 11 is 6.56. The zero-order valence-electron chi connectivity index (χ0n) is 7.64. The molecule has 2 saturated carbocycles. The number of halogens is 1. The summed E-state index contributed by atoms with van der Waals surface area (Å²) in [5.41, 5.74) is 1.87. The van der Waals surface area contributed by atoms with Gasteiger partial charge in [-0.15, -0.1) is 0 Å². The van der Waals surface area contributed by atoms with Gasteiger partial charge in [-0.3, -0.25) is 0 Å². The molecule has 0 N–H and O–H groups in total. The van der Waals surface area contributed by atoms with Crippen molar-refractivity contribution in [3.63, 3.8) is 0 Å². The minimum atomic E-state index is -0.111. The molecular formula is C10H18ClP. The van der Waals surface area contributed by atoms with Crippen molar-refractivity contribution in [2.24, 2.45) is 0 Å². The van der Waals surface area contributed by atoms with E-state index in [1.54, 1.807) is 0 Å². The van der Waals surface area contributed by atoms with Crippen molar-refractivity contribution in [2.45, 2.75) is 62.7 Å². The highest BCUT2D eigenvalue weighted by Crippen LogP contribution is 2.60. The second-order valence-electron chi connectivity index (χ2n) is 4.22. The van der Waals surface area contributed by atoms with Gasteiger partial charge in [-0.25, -0.2) is 0 Å². The van der Waals surface area contributed by atoms with Gasteiger partial charge in [0.15, 0.2) is 0 Å². The molecule has 0 aromatic carbocycles. The predicted octanol–water partition coefficient (Wildman–Crippen LogP) is 4.51. The van der Waals surface area contributed by atoms with Crippen molar-refractivity contribution in [1.29, 1.82) is 0 Å². The van der Waals surface area contributed by atoms with Crippen molar-refractivity contribution in [2.75, 3.05) is 0 Å². The third kappa shape index (κ3) is 1.96. The summed E-state index contributed by atoms with van der Waals surface area (Å²) in [7, 11) is -0.111. The first kappa shape index (κ1) is 9.28. The molecular weight excluding hydrogens is 187 g/mol. The Labute approximate surface area is 81.6 Å². The Morgan fingerprint density at radius 1 is 0.750 bits per heavy atom. The third-order valence-corrected chi connectivity index (χ3v) is 7.43. The van der Waals surface area contributed by atoms with E-state index >= 15 is 0 Å². The largest absolute Gasteiger partial charge is 0.0958 e. The molecule has 0 saturated heterocycles. The fourth-order valence-electron chi connectivity index (χ4n) is 2.60. The molecule has 0 spiro atoms. The lowest BCUT2D eigenvalue weighted by molar-refractivity contribution is 0.840. The summed E-state index contributed by atoms with van der Waals surface area (Å²) in [6.45, 7) is 0.